The molecule has 4 nitrogen and oxygen atoms in total. The van der Waals surface area contributed by atoms with Crippen LogP contribution in [-0.2, 0) is 14.3 Å². The van der Waals surface area contributed by atoms with Crippen LogP contribution in [0.15, 0.2) is 0 Å². The van der Waals surface area contributed by atoms with Gasteiger partial charge in [0.05, 0.1) is 13.2 Å². The SMILES string of the molecule is CC(C)(CCC(=O)O)C1(C)OCCO1. The minimum atomic E-state index is -0.778. The van der Waals surface area contributed by atoms with Crippen molar-refractivity contribution < 1.29 is 19.4 Å². The van der Waals surface area contributed by atoms with Crippen molar-refractivity contribution in [2.24, 2.45) is 5.41 Å². The van der Waals surface area contributed by atoms with Gasteiger partial charge in [0.15, 0.2) is 5.79 Å². The van der Waals surface area contributed by atoms with Crippen LogP contribution in [0, 0.1) is 5.41 Å². The molecule has 1 saturated heterocycles. The fourth-order valence-electron chi connectivity index (χ4n) is 1.55. The quantitative estimate of drug-likeness (QED) is 0.753. The summed E-state index contributed by atoms with van der Waals surface area (Å²) < 4.78 is 11.0. The Morgan fingerprint density at radius 3 is 2.36 bits per heavy atom. The smallest absolute Gasteiger partial charge is 0.303 e. The normalized spacial score (nSPS) is 21.1. The average Bonchev–Trinajstić information content (AvgIpc) is 2.50. The van der Waals surface area contributed by atoms with E-state index in [1.165, 1.54) is 0 Å². The lowest BCUT2D eigenvalue weighted by Crippen LogP contribution is -2.43. The van der Waals surface area contributed by atoms with Crippen LogP contribution >= 0.6 is 0 Å². The number of hydrogen-bond donors (Lipinski definition) is 1. The van der Waals surface area contributed by atoms with Crippen molar-refractivity contribution in [1.29, 1.82) is 0 Å². The third-order valence-corrected chi connectivity index (χ3v) is 3.03. The second-order valence-corrected chi connectivity index (χ2v) is 4.42. The van der Waals surface area contributed by atoms with Crippen LogP contribution in [0.2, 0.25) is 0 Å². The topological polar surface area (TPSA) is 55.8 Å². The molecule has 0 spiro atoms. The highest BCUT2D eigenvalue weighted by atomic mass is 16.7. The Balaban J connectivity index is 2.58. The van der Waals surface area contributed by atoms with E-state index in [1.54, 1.807) is 0 Å². The second-order valence-electron chi connectivity index (χ2n) is 4.42. The van der Waals surface area contributed by atoms with Crippen molar-refractivity contribution in [2.45, 2.75) is 39.4 Å². The minimum Gasteiger partial charge on any atom is -0.481 e. The molecule has 0 bridgehead atoms. The highest BCUT2D eigenvalue weighted by molar-refractivity contribution is 5.66. The second kappa shape index (κ2) is 3.87. The number of rotatable bonds is 4. The number of carbonyl (C=O) groups is 1. The molecule has 1 aliphatic rings. The molecule has 0 aromatic heterocycles. The molecule has 4 heteroatoms. The van der Waals surface area contributed by atoms with E-state index in [4.69, 9.17) is 14.6 Å². The van der Waals surface area contributed by atoms with Crippen LogP contribution < -0.4 is 0 Å². The minimum absolute atomic E-state index is 0.148. The standard InChI is InChI=1S/C10H18O4/c1-9(2,5-4-8(11)12)10(3)13-6-7-14-10/h4-7H2,1-3H3,(H,11,12). The molecule has 82 valence electrons. The first-order valence-electron chi connectivity index (χ1n) is 4.87. The lowest BCUT2D eigenvalue weighted by atomic mass is 9.80. The molecule has 1 aliphatic heterocycles. The number of carboxylic acid groups (broad SMARTS) is 1. The molecule has 1 fully saturated rings. The van der Waals surface area contributed by atoms with Gasteiger partial charge in [-0.05, 0) is 13.3 Å². The molecule has 1 rings (SSSR count). The summed E-state index contributed by atoms with van der Waals surface area (Å²) in [5.74, 6) is -1.41. The predicted molar refractivity (Wildman–Crippen MR) is 51.0 cm³/mol. The van der Waals surface area contributed by atoms with Crippen LogP contribution in [0.3, 0.4) is 0 Å². The molecule has 0 saturated carbocycles. The van der Waals surface area contributed by atoms with Crippen LogP contribution in [0.25, 0.3) is 0 Å². The monoisotopic (exact) mass is 202 g/mol. The molecular weight excluding hydrogens is 184 g/mol. The van der Waals surface area contributed by atoms with Crippen LogP contribution in [0.1, 0.15) is 33.6 Å². The molecule has 0 aromatic rings. The Morgan fingerprint density at radius 2 is 1.93 bits per heavy atom. The van der Waals surface area contributed by atoms with E-state index < -0.39 is 11.8 Å². The zero-order valence-corrected chi connectivity index (χ0v) is 9.00. The van der Waals surface area contributed by atoms with Gasteiger partial charge in [-0.1, -0.05) is 13.8 Å². The number of hydrogen-bond acceptors (Lipinski definition) is 3. The van der Waals surface area contributed by atoms with Crippen LogP contribution in [0.4, 0.5) is 0 Å². The highest BCUT2D eigenvalue weighted by Crippen LogP contribution is 2.41. The summed E-state index contributed by atoms with van der Waals surface area (Å²) in [6.07, 6.45) is 0.703. The van der Waals surface area contributed by atoms with Crippen molar-refractivity contribution >= 4 is 5.97 Å². The maximum atomic E-state index is 10.5. The van der Waals surface area contributed by atoms with Gasteiger partial charge >= 0.3 is 5.97 Å². The Labute approximate surface area is 84.2 Å². The van der Waals surface area contributed by atoms with Gasteiger partial charge in [0.1, 0.15) is 0 Å². The average molecular weight is 202 g/mol. The Hall–Kier alpha value is -0.610. The fourth-order valence-corrected chi connectivity index (χ4v) is 1.55. The molecule has 1 heterocycles. The van der Waals surface area contributed by atoms with E-state index in [1.807, 2.05) is 20.8 Å². The Bertz CT molecular complexity index is 216. The molecule has 0 atom stereocenters. The first-order chi connectivity index (χ1) is 6.37. The third-order valence-electron chi connectivity index (χ3n) is 3.03. The van der Waals surface area contributed by atoms with Gasteiger partial charge in [-0.15, -0.1) is 0 Å². The lowest BCUT2D eigenvalue weighted by molar-refractivity contribution is -0.216. The maximum absolute atomic E-state index is 10.5. The van der Waals surface area contributed by atoms with Crippen molar-refractivity contribution in [3.05, 3.63) is 0 Å². The van der Waals surface area contributed by atoms with Gasteiger partial charge in [0.2, 0.25) is 0 Å². The molecule has 0 aliphatic carbocycles. The van der Waals surface area contributed by atoms with Gasteiger partial charge in [-0.25, -0.2) is 0 Å². The first kappa shape index (κ1) is 11.5. The molecular formula is C10H18O4. The van der Waals surface area contributed by atoms with E-state index in [2.05, 4.69) is 0 Å². The number of aliphatic carboxylic acids is 1. The van der Waals surface area contributed by atoms with Gasteiger partial charge in [0, 0.05) is 11.8 Å². The van der Waals surface area contributed by atoms with Crippen LogP contribution in [0.5, 0.6) is 0 Å². The number of carboxylic acids is 1. The molecule has 14 heavy (non-hydrogen) atoms. The van der Waals surface area contributed by atoms with Crippen molar-refractivity contribution in [3.63, 3.8) is 0 Å². The van der Waals surface area contributed by atoms with E-state index in [-0.39, 0.29) is 11.8 Å². The summed E-state index contributed by atoms with van der Waals surface area (Å²) in [4.78, 5) is 10.5. The lowest BCUT2D eigenvalue weighted by Gasteiger charge is -2.39. The summed E-state index contributed by atoms with van der Waals surface area (Å²) in [7, 11) is 0. The van der Waals surface area contributed by atoms with E-state index >= 15 is 0 Å². The Morgan fingerprint density at radius 1 is 1.43 bits per heavy atom. The van der Waals surface area contributed by atoms with Gasteiger partial charge in [-0.3, -0.25) is 4.79 Å². The van der Waals surface area contributed by atoms with E-state index in [0.29, 0.717) is 19.6 Å². The summed E-state index contributed by atoms with van der Waals surface area (Å²) in [5.41, 5.74) is -0.276. The summed E-state index contributed by atoms with van der Waals surface area (Å²) in [6, 6.07) is 0. The van der Waals surface area contributed by atoms with Gasteiger partial charge in [0.25, 0.3) is 0 Å². The van der Waals surface area contributed by atoms with Crippen molar-refractivity contribution in [2.75, 3.05) is 13.2 Å². The molecule has 0 aromatic carbocycles. The summed E-state index contributed by atoms with van der Waals surface area (Å²) in [6.45, 7) is 7.00. The summed E-state index contributed by atoms with van der Waals surface area (Å²) in [5, 5.41) is 8.62. The zero-order chi connectivity index (χ0) is 10.8. The van der Waals surface area contributed by atoms with Gasteiger partial charge in [-0.2, -0.15) is 0 Å². The maximum Gasteiger partial charge on any atom is 0.303 e. The largest absolute Gasteiger partial charge is 0.481 e. The third kappa shape index (κ3) is 2.25. The predicted octanol–water partition coefficient (Wildman–Crippen LogP) is 1.64. The Kier molecular flexibility index (Phi) is 3.17. The number of ether oxygens (including phenoxy) is 2. The van der Waals surface area contributed by atoms with Crippen molar-refractivity contribution in [1.82, 2.24) is 0 Å². The van der Waals surface area contributed by atoms with Crippen LogP contribution in [-0.4, -0.2) is 30.1 Å². The molecule has 0 radical (unpaired) electrons. The molecule has 1 N–H and O–H groups in total. The molecule has 0 unspecified atom stereocenters. The zero-order valence-electron chi connectivity index (χ0n) is 9.00. The highest BCUT2D eigenvalue weighted by Gasteiger charge is 2.45. The fraction of sp³-hybridized carbons (Fsp3) is 0.900. The van der Waals surface area contributed by atoms with E-state index in [9.17, 15) is 4.79 Å². The first-order valence-corrected chi connectivity index (χ1v) is 4.87. The van der Waals surface area contributed by atoms with Crippen molar-refractivity contribution in [3.8, 4) is 0 Å². The van der Waals surface area contributed by atoms with E-state index in [0.717, 1.165) is 0 Å². The molecule has 0 amide bonds. The summed E-state index contributed by atoms with van der Waals surface area (Å²) >= 11 is 0. The van der Waals surface area contributed by atoms with Gasteiger partial charge < -0.3 is 14.6 Å².